The Balaban J connectivity index is 2.29. The summed E-state index contributed by atoms with van der Waals surface area (Å²) in [6.07, 6.45) is -1.44. The molecule has 5 nitrogen and oxygen atoms in total. The Labute approximate surface area is 92.0 Å². The second-order valence-corrected chi connectivity index (χ2v) is 3.26. The monoisotopic (exact) mass is 235 g/mol. The third-order valence-electron chi connectivity index (χ3n) is 1.94. The van der Waals surface area contributed by atoms with Gasteiger partial charge in [0.1, 0.15) is 6.61 Å². The minimum atomic E-state index is -2.45. The molecule has 0 amide bonds. The van der Waals surface area contributed by atoms with E-state index in [1.165, 1.54) is 0 Å². The number of hydrogen-bond acceptors (Lipinski definition) is 5. The van der Waals surface area contributed by atoms with Crippen LogP contribution in [0.25, 0.3) is 0 Å². The van der Waals surface area contributed by atoms with Crippen LogP contribution in [0, 0.1) is 0 Å². The molecule has 1 aromatic rings. The van der Waals surface area contributed by atoms with Crippen molar-refractivity contribution in [1.29, 1.82) is 0 Å². The van der Waals surface area contributed by atoms with Gasteiger partial charge in [0.25, 0.3) is 6.43 Å². The molecule has 0 aliphatic heterocycles. The maximum Gasteiger partial charge on any atom is 0.261 e. The number of rotatable bonds is 7. The van der Waals surface area contributed by atoms with Crippen molar-refractivity contribution in [2.45, 2.75) is 32.2 Å². The van der Waals surface area contributed by atoms with Crippen LogP contribution < -0.4 is 5.73 Å². The van der Waals surface area contributed by atoms with E-state index in [1.54, 1.807) is 0 Å². The molecule has 0 saturated carbocycles. The first-order valence-electron chi connectivity index (χ1n) is 5.07. The van der Waals surface area contributed by atoms with E-state index in [-0.39, 0.29) is 12.6 Å². The lowest BCUT2D eigenvalue weighted by Gasteiger charge is -2.01. The van der Waals surface area contributed by atoms with Gasteiger partial charge in [0.05, 0.1) is 12.6 Å². The largest absolute Gasteiger partial charge is 0.423 e. The minimum absolute atomic E-state index is 0.132. The number of nitrogens with zero attached hydrogens (tertiary/aromatic N) is 2. The average Bonchev–Trinajstić information content (AvgIpc) is 2.71. The quantitative estimate of drug-likeness (QED) is 0.721. The molecule has 2 N–H and O–H groups in total. The van der Waals surface area contributed by atoms with Crippen molar-refractivity contribution < 1.29 is 17.9 Å². The van der Waals surface area contributed by atoms with Crippen molar-refractivity contribution >= 4 is 0 Å². The second kappa shape index (κ2) is 6.49. The summed E-state index contributed by atoms with van der Waals surface area (Å²) in [7, 11) is 0. The molecule has 0 bridgehead atoms. The molecule has 1 heterocycles. The summed E-state index contributed by atoms with van der Waals surface area (Å²) in [5.41, 5.74) is 5.68. The molecule has 92 valence electrons. The number of aromatic nitrogens is 2. The van der Waals surface area contributed by atoms with Gasteiger partial charge < -0.3 is 14.9 Å². The zero-order chi connectivity index (χ0) is 12.0. The van der Waals surface area contributed by atoms with Crippen LogP contribution in [0.3, 0.4) is 0 Å². The highest BCUT2D eigenvalue weighted by atomic mass is 19.3. The highest BCUT2D eigenvalue weighted by Gasteiger charge is 2.12. The van der Waals surface area contributed by atoms with Crippen LogP contribution in [0.5, 0.6) is 0 Å². The molecule has 7 heteroatoms. The minimum Gasteiger partial charge on any atom is -0.423 e. The smallest absolute Gasteiger partial charge is 0.261 e. The first-order valence-corrected chi connectivity index (χ1v) is 5.07. The Morgan fingerprint density at radius 3 is 2.81 bits per heavy atom. The topological polar surface area (TPSA) is 74.2 Å². The summed E-state index contributed by atoms with van der Waals surface area (Å²) in [4.78, 5) is 0. The molecule has 0 aromatic carbocycles. The van der Waals surface area contributed by atoms with Gasteiger partial charge in [-0.2, -0.15) is 0 Å². The predicted octanol–water partition coefficient (Wildman–Crippen LogP) is 1.30. The molecule has 1 unspecified atom stereocenters. The van der Waals surface area contributed by atoms with Gasteiger partial charge in [-0.3, -0.25) is 0 Å². The van der Waals surface area contributed by atoms with Crippen LogP contribution in [0.15, 0.2) is 4.42 Å². The Morgan fingerprint density at radius 1 is 1.44 bits per heavy atom. The van der Waals surface area contributed by atoms with Gasteiger partial charge in [0, 0.05) is 6.42 Å². The SMILES string of the molecule is CCC(N)c1nnc(CCOCC(F)F)o1. The third kappa shape index (κ3) is 4.19. The summed E-state index contributed by atoms with van der Waals surface area (Å²) in [5.74, 6) is 0.722. The van der Waals surface area contributed by atoms with Crippen LogP contribution >= 0.6 is 0 Å². The van der Waals surface area contributed by atoms with E-state index >= 15 is 0 Å². The summed E-state index contributed by atoms with van der Waals surface area (Å²) < 4.78 is 33.4. The lowest BCUT2D eigenvalue weighted by atomic mass is 10.2. The van der Waals surface area contributed by atoms with Crippen molar-refractivity contribution in [2.24, 2.45) is 5.73 Å². The Morgan fingerprint density at radius 2 is 2.19 bits per heavy atom. The van der Waals surface area contributed by atoms with Gasteiger partial charge in [-0.05, 0) is 6.42 Å². The van der Waals surface area contributed by atoms with Crippen LogP contribution in [0.1, 0.15) is 31.2 Å². The molecule has 0 aliphatic carbocycles. The highest BCUT2D eigenvalue weighted by molar-refractivity contribution is 4.88. The average molecular weight is 235 g/mol. The lowest BCUT2D eigenvalue weighted by Crippen LogP contribution is -2.08. The maximum atomic E-state index is 11.7. The summed E-state index contributed by atoms with van der Waals surface area (Å²) in [5, 5.41) is 7.49. The van der Waals surface area contributed by atoms with Crippen molar-refractivity contribution in [1.82, 2.24) is 10.2 Å². The number of ether oxygens (including phenoxy) is 1. The molecular weight excluding hydrogens is 220 g/mol. The standard InChI is InChI=1S/C9H15F2N3O2/c1-2-6(12)9-14-13-8(16-9)3-4-15-5-7(10)11/h6-7H,2-5,12H2,1H3. The molecule has 0 radical (unpaired) electrons. The van der Waals surface area contributed by atoms with Crippen molar-refractivity contribution in [3.8, 4) is 0 Å². The van der Waals surface area contributed by atoms with E-state index in [4.69, 9.17) is 10.2 Å². The normalized spacial score (nSPS) is 13.3. The van der Waals surface area contributed by atoms with Crippen LogP contribution in [-0.2, 0) is 11.2 Å². The van der Waals surface area contributed by atoms with Gasteiger partial charge in [-0.1, -0.05) is 6.92 Å². The van der Waals surface area contributed by atoms with Crippen molar-refractivity contribution in [3.05, 3.63) is 11.8 Å². The first-order chi connectivity index (χ1) is 7.63. The fourth-order valence-corrected chi connectivity index (χ4v) is 1.02. The van der Waals surface area contributed by atoms with E-state index in [0.29, 0.717) is 24.6 Å². The van der Waals surface area contributed by atoms with Gasteiger partial charge in [0.2, 0.25) is 11.8 Å². The highest BCUT2D eigenvalue weighted by Crippen LogP contribution is 2.11. The fraction of sp³-hybridized carbons (Fsp3) is 0.778. The Kier molecular flexibility index (Phi) is 5.27. The molecule has 1 aromatic heterocycles. The lowest BCUT2D eigenvalue weighted by molar-refractivity contribution is 0.0173. The Bertz CT molecular complexity index is 307. The van der Waals surface area contributed by atoms with E-state index < -0.39 is 13.0 Å². The molecule has 1 atom stereocenters. The van der Waals surface area contributed by atoms with Gasteiger partial charge in [-0.25, -0.2) is 8.78 Å². The third-order valence-corrected chi connectivity index (χ3v) is 1.94. The van der Waals surface area contributed by atoms with Crippen molar-refractivity contribution in [3.63, 3.8) is 0 Å². The van der Waals surface area contributed by atoms with Crippen molar-refractivity contribution in [2.75, 3.05) is 13.2 Å². The van der Waals surface area contributed by atoms with Gasteiger partial charge in [-0.15, -0.1) is 10.2 Å². The summed E-state index contributed by atoms with van der Waals surface area (Å²) in [6, 6.07) is -0.275. The summed E-state index contributed by atoms with van der Waals surface area (Å²) in [6.45, 7) is 1.46. The van der Waals surface area contributed by atoms with E-state index in [1.807, 2.05) is 6.92 Å². The fourth-order valence-electron chi connectivity index (χ4n) is 1.02. The molecule has 0 spiro atoms. The maximum absolute atomic E-state index is 11.7. The Hall–Kier alpha value is -1.08. The zero-order valence-corrected chi connectivity index (χ0v) is 9.03. The number of hydrogen-bond donors (Lipinski definition) is 1. The van der Waals surface area contributed by atoms with Crippen LogP contribution in [0.2, 0.25) is 0 Å². The summed E-state index contributed by atoms with van der Waals surface area (Å²) >= 11 is 0. The van der Waals surface area contributed by atoms with Gasteiger partial charge >= 0.3 is 0 Å². The van der Waals surface area contributed by atoms with Crippen LogP contribution in [-0.4, -0.2) is 29.8 Å². The van der Waals surface area contributed by atoms with E-state index in [0.717, 1.165) is 0 Å². The predicted molar refractivity (Wildman–Crippen MR) is 52.0 cm³/mol. The van der Waals surface area contributed by atoms with E-state index in [2.05, 4.69) is 14.9 Å². The molecule has 0 saturated heterocycles. The molecule has 16 heavy (non-hydrogen) atoms. The molecule has 0 aliphatic rings. The molecule has 1 rings (SSSR count). The number of halogens is 2. The van der Waals surface area contributed by atoms with Gasteiger partial charge in [0.15, 0.2) is 0 Å². The zero-order valence-electron chi connectivity index (χ0n) is 9.03. The molecular formula is C9H15F2N3O2. The number of nitrogens with two attached hydrogens (primary N) is 1. The second-order valence-electron chi connectivity index (χ2n) is 3.26. The number of alkyl halides is 2. The first kappa shape index (κ1) is 13.0. The molecule has 0 fully saturated rings. The van der Waals surface area contributed by atoms with E-state index in [9.17, 15) is 8.78 Å². The van der Waals surface area contributed by atoms with Crippen LogP contribution in [0.4, 0.5) is 8.78 Å².